The molecule has 0 atom stereocenters. The first-order chi connectivity index (χ1) is 12.5. The number of aromatic amines is 1. The SMILES string of the molecule is CN(Cc1nc2ccccc2[nH]1)C(=O)CCCOc1ccc(Cl)cc1Cl. The number of benzene rings is 2. The third-order valence-electron chi connectivity index (χ3n) is 3.94. The molecule has 0 fully saturated rings. The Morgan fingerprint density at radius 1 is 1.23 bits per heavy atom. The summed E-state index contributed by atoms with van der Waals surface area (Å²) in [4.78, 5) is 21.6. The lowest BCUT2D eigenvalue weighted by atomic mass is 10.3. The van der Waals surface area contributed by atoms with Crippen LogP contribution < -0.4 is 4.74 Å². The number of nitrogens with one attached hydrogen (secondary N) is 1. The minimum atomic E-state index is 0.0382. The normalized spacial score (nSPS) is 10.9. The summed E-state index contributed by atoms with van der Waals surface area (Å²) in [6.45, 7) is 0.850. The number of ether oxygens (including phenoxy) is 1. The lowest BCUT2D eigenvalue weighted by Crippen LogP contribution is -2.26. The molecule has 0 aliphatic carbocycles. The van der Waals surface area contributed by atoms with Crippen LogP contribution in [0.2, 0.25) is 10.0 Å². The number of hydrogen-bond donors (Lipinski definition) is 1. The second kappa shape index (κ2) is 8.43. The van der Waals surface area contributed by atoms with Gasteiger partial charge in [-0.15, -0.1) is 0 Å². The standard InChI is InChI=1S/C19H19Cl2N3O2/c1-24(12-18-22-15-5-2-3-6-16(15)23-18)19(25)7-4-10-26-17-9-8-13(20)11-14(17)21/h2-3,5-6,8-9,11H,4,7,10,12H2,1H3,(H,22,23). The van der Waals surface area contributed by atoms with Gasteiger partial charge in [-0.25, -0.2) is 4.98 Å². The molecule has 1 amide bonds. The van der Waals surface area contributed by atoms with Crippen LogP contribution in [-0.4, -0.2) is 34.4 Å². The van der Waals surface area contributed by atoms with Crippen molar-refractivity contribution >= 4 is 40.1 Å². The van der Waals surface area contributed by atoms with Crippen molar-refractivity contribution in [2.24, 2.45) is 0 Å². The fourth-order valence-corrected chi connectivity index (χ4v) is 3.05. The minimum absolute atomic E-state index is 0.0382. The number of halogens is 2. The smallest absolute Gasteiger partial charge is 0.222 e. The molecule has 0 bridgehead atoms. The van der Waals surface area contributed by atoms with Gasteiger partial charge >= 0.3 is 0 Å². The first-order valence-electron chi connectivity index (χ1n) is 8.28. The zero-order chi connectivity index (χ0) is 18.5. The van der Waals surface area contributed by atoms with Crippen LogP contribution in [0.25, 0.3) is 11.0 Å². The molecule has 26 heavy (non-hydrogen) atoms. The molecule has 136 valence electrons. The van der Waals surface area contributed by atoms with Gasteiger partial charge in [-0.2, -0.15) is 0 Å². The number of hydrogen-bond acceptors (Lipinski definition) is 3. The first kappa shape index (κ1) is 18.5. The number of aromatic nitrogens is 2. The van der Waals surface area contributed by atoms with Crippen LogP contribution in [0, 0.1) is 0 Å². The van der Waals surface area contributed by atoms with Crippen molar-refractivity contribution in [3.05, 3.63) is 58.3 Å². The Kier molecular flexibility index (Phi) is 6.01. The molecule has 3 rings (SSSR count). The number of rotatable bonds is 7. The highest BCUT2D eigenvalue weighted by molar-refractivity contribution is 6.35. The predicted molar refractivity (Wildman–Crippen MR) is 104 cm³/mol. The van der Waals surface area contributed by atoms with Gasteiger partial charge in [0, 0.05) is 18.5 Å². The Balaban J connectivity index is 1.45. The first-order valence-corrected chi connectivity index (χ1v) is 9.04. The molecule has 0 unspecified atom stereocenters. The van der Waals surface area contributed by atoms with Gasteiger partial charge in [0.15, 0.2) is 0 Å². The van der Waals surface area contributed by atoms with Crippen LogP contribution in [0.4, 0.5) is 0 Å². The van der Waals surface area contributed by atoms with Crippen LogP contribution in [-0.2, 0) is 11.3 Å². The van der Waals surface area contributed by atoms with E-state index in [1.165, 1.54) is 0 Å². The highest BCUT2D eigenvalue weighted by Gasteiger charge is 2.12. The van der Waals surface area contributed by atoms with Gasteiger partial charge in [-0.1, -0.05) is 35.3 Å². The second-order valence-corrected chi connectivity index (χ2v) is 6.82. The summed E-state index contributed by atoms with van der Waals surface area (Å²) in [5, 5.41) is 1.02. The Hall–Kier alpha value is -2.24. The fraction of sp³-hybridized carbons (Fsp3) is 0.263. The molecule has 5 nitrogen and oxygen atoms in total. The summed E-state index contributed by atoms with van der Waals surface area (Å²) in [6.07, 6.45) is 0.990. The van der Waals surface area contributed by atoms with E-state index in [2.05, 4.69) is 9.97 Å². The maximum absolute atomic E-state index is 12.3. The van der Waals surface area contributed by atoms with Crippen molar-refractivity contribution in [1.82, 2.24) is 14.9 Å². The summed E-state index contributed by atoms with van der Waals surface area (Å²) < 4.78 is 5.60. The molecule has 2 aromatic carbocycles. The molecule has 1 heterocycles. The van der Waals surface area contributed by atoms with E-state index in [4.69, 9.17) is 27.9 Å². The van der Waals surface area contributed by atoms with Crippen molar-refractivity contribution in [3.8, 4) is 5.75 Å². The van der Waals surface area contributed by atoms with Crippen molar-refractivity contribution in [2.75, 3.05) is 13.7 Å². The summed E-state index contributed by atoms with van der Waals surface area (Å²) in [5.41, 5.74) is 1.87. The lowest BCUT2D eigenvalue weighted by molar-refractivity contribution is -0.130. The van der Waals surface area contributed by atoms with Crippen molar-refractivity contribution in [2.45, 2.75) is 19.4 Å². The maximum Gasteiger partial charge on any atom is 0.222 e. The molecule has 7 heteroatoms. The zero-order valence-corrected chi connectivity index (χ0v) is 15.8. The molecule has 0 aliphatic rings. The van der Waals surface area contributed by atoms with E-state index in [1.807, 2.05) is 24.3 Å². The predicted octanol–water partition coefficient (Wildman–Crippen LogP) is 4.69. The number of fused-ring (bicyclic) bond motifs is 1. The molecule has 0 saturated carbocycles. The largest absolute Gasteiger partial charge is 0.492 e. The number of imidazole rings is 1. The number of nitrogens with zero attached hydrogens (tertiary/aromatic N) is 2. The molecule has 1 aromatic heterocycles. The Bertz CT molecular complexity index is 878. The third kappa shape index (κ3) is 4.68. The number of para-hydroxylation sites is 2. The summed E-state index contributed by atoms with van der Waals surface area (Å²) in [6, 6.07) is 12.9. The highest BCUT2D eigenvalue weighted by Crippen LogP contribution is 2.27. The van der Waals surface area contributed by atoms with Gasteiger partial charge in [0.1, 0.15) is 11.6 Å². The van der Waals surface area contributed by atoms with Gasteiger partial charge < -0.3 is 14.6 Å². The fourth-order valence-electron chi connectivity index (χ4n) is 2.58. The summed E-state index contributed by atoms with van der Waals surface area (Å²) >= 11 is 11.9. The summed E-state index contributed by atoms with van der Waals surface area (Å²) in [5.74, 6) is 1.38. The van der Waals surface area contributed by atoms with Gasteiger partial charge in [0.05, 0.1) is 29.2 Å². The summed E-state index contributed by atoms with van der Waals surface area (Å²) in [7, 11) is 1.77. The minimum Gasteiger partial charge on any atom is -0.492 e. The van der Waals surface area contributed by atoms with Crippen molar-refractivity contribution < 1.29 is 9.53 Å². The van der Waals surface area contributed by atoms with E-state index in [0.29, 0.717) is 41.8 Å². The molecule has 1 N–H and O–H groups in total. The highest BCUT2D eigenvalue weighted by atomic mass is 35.5. The average molecular weight is 392 g/mol. The van der Waals surface area contributed by atoms with Gasteiger partial charge in [-0.3, -0.25) is 4.79 Å². The number of carbonyl (C=O) groups excluding carboxylic acids is 1. The molecular formula is C19H19Cl2N3O2. The van der Waals surface area contributed by atoms with E-state index in [9.17, 15) is 4.79 Å². The Labute approximate surface area is 161 Å². The lowest BCUT2D eigenvalue weighted by Gasteiger charge is -2.16. The van der Waals surface area contributed by atoms with Crippen molar-refractivity contribution in [3.63, 3.8) is 0 Å². The van der Waals surface area contributed by atoms with Gasteiger partial charge in [0.2, 0.25) is 5.91 Å². The van der Waals surface area contributed by atoms with E-state index in [1.54, 1.807) is 30.1 Å². The van der Waals surface area contributed by atoms with E-state index >= 15 is 0 Å². The van der Waals surface area contributed by atoms with Crippen LogP contribution in [0.1, 0.15) is 18.7 Å². The van der Waals surface area contributed by atoms with E-state index < -0.39 is 0 Å². The Morgan fingerprint density at radius 2 is 2.04 bits per heavy atom. The molecule has 0 aliphatic heterocycles. The van der Waals surface area contributed by atoms with Gasteiger partial charge in [-0.05, 0) is 36.8 Å². The number of amides is 1. The van der Waals surface area contributed by atoms with E-state index in [-0.39, 0.29) is 5.91 Å². The van der Waals surface area contributed by atoms with Crippen molar-refractivity contribution in [1.29, 1.82) is 0 Å². The second-order valence-electron chi connectivity index (χ2n) is 5.98. The number of H-pyrrole nitrogens is 1. The van der Waals surface area contributed by atoms with E-state index in [0.717, 1.165) is 16.9 Å². The molecular weight excluding hydrogens is 373 g/mol. The Morgan fingerprint density at radius 3 is 2.81 bits per heavy atom. The van der Waals surface area contributed by atoms with Crippen LogP contribution in [0.5, 0.6) is 5.75 Å². The maximum atomic E-state index is 12.3. The molecule has 0 radical (unpaired) electrons. The van der Waals surface area contributed by atoms with Gasteiger partial charge in [0.25, 0.3) is 0 Å². The number of carbonyl (C=O) groups is 1. The quantitative estimate of drug-likeness (QED) is 0.594. The van der Waals surface area contributed by atoms with Crippen LogP contribution in [0.3, 0.4) is 0 Å². The topological polar surface area (TPSA) is 58.2 Å². The molecule has 3 aromatic rings. The van der Waals surface area contributed by atoms with Crippen LogP contribution >= 0.6 is 23.2 Å². The third-order valence-corrected chi connectivity index (χ3v) is 4.47. The van der Waals surface area contributed by atoms with Crippen LogP contribution in [0.15, 0.2) is 42.5 Å². The molecule has 0 spiro atoms. The molecule has 0 saturated heterocycles. The average Bonchev–Trinajstić information content (AvgIpc) is 3.02. The monoisotopic (exact) mass is 391 g/mol. The zero-order valence-electron chi connectivity index (χ0n) is 14.3.